The monoisotopic (exact) mass is 540 g/mol. The van der Waals surface area contributed by atoms with Crippen molar-refractivity contribution >= 4 is 36.0 Å². The zero-order chi connectivity index (χ0) is 21.3. The quantitative estimate of drug-likeness (QED) is 0.294. The highest BCUT2D eigenvalue weighted by Crippen LogP contribution is 2.21. The molecule has 2 saturated heterocycles. The van der Waals surface area contributed by atoms with E-state index in [9.17, 15) is 4.79 Å². The number of hydrogen-bond donors (Lipinski definition) is 2. The lowest BCUT2D eigenvalue weighted by Crippen LogP contribution is -2.46. The van der Waals surface area contributed by atoms with Crippen LogP contribution in [0.5, 0.6) is 0 Å². The number of hydrogen-bond acceptors (Lipinski definition) is 5. The summed E-state index contributed by atoms with van der Waals surface area (Å²) in [5.41, 5.74) is -0.449. The molecule has 2 heterocycles. The Kier molecular flexibility index (Phi) is 12.3. The molecule has 2 fully saturated rings. The van der Waals surface area contributed by atoms with Crippen molar-refractivity contribution in [1.29, 1.82) is 0 Å². The van der Waals surface area contributed by atoms with E-state index >= 15 is 0 Å². The first-order valence-corrected chi connectivity index (χ1v) is 10.9. The third-order valence-electron chi connectivity index (χ3n) is 5.09. The smallest absolute Gasteiger partial charge is 0.410 e. The Morgan fingerprint density at radius 3 is 2.73 bits per heavy atom. The van der Waals surface area contributed by atoms with Crippen LogP contribution in [0.2, 0.25) is 0 Å². The maximum Gasteiger partial charge on any atom is 0.410 e. The van der Waals surface area contributed by atoms with Crippen LogP contribution in [0.1, 0.15) is 53.4 Å². The first-order valence-electron chi connectivity index (χ1n) is 10.9. The van der Waals surface area contributed by atoms with Gasteiger partial charge in [-0.15, -0.1) is 24.0 Å². The number of rotatable bonds is 7. The Bertz CT molecular complexity index is 536. The molecule has 176 valence electrons. The van der Waals surface area contributed by atoms with Crippen LogP contribution in [0.15, 0.2) is 4.99 Å². The zero-order valence-corrected chi connectivity index (χ0v) is 21.6. The average Bonchev–Trinajstić information content (AvgIpc) is 3.18. The van der Waals surface area contributed by atoms with Crippen LogP contribution in [0.3, 0.4) is 0 Å². The van der Waals surface area contributed by atoms with E-state index in [2.05, 4.69) is 22.5 Å². The van der Waals surface area contributed by atoms with E-state index < -0.39 is 5.60 Å². The van der Waals surface area contributed by atoms with E-state index in [1.54, 1.807) is 7.05 Å². The van der Waals surface area contributed by atoms with Gasteiger partial charge in [0.15, 0.2) is 5.96 Å². The summed E-state index contributed by atoms with van der Waals surface area (Å²) in [5, 5.41) is 6.75. The van der Waals surface area contributed by atoms with Gasteiger partial charge in [0.25, 0.3) is 0 Å². The minimum Gasteiger partial charge on any atom is -0.444 e. The second-order valence-corrected chi connectivity index (χ2v) is 9.09. The van der Waals surface area contributed by atoms with E-state index in [0.717, 1.165) is 57.9 Å². The Balaban J connectivity index is 0.00000450. The molecule has 2 N–H and O–H groups in total. The number of likely N-dealkylation sites (tertiary alicyclic amines) is 1. The van der Waals surface area contributed by atoms with Gasteiger partial charge < -0.3 is 29.7 Å². The minimum atomic E-state index is -0.449. The number of carbonyl (C=O) groups is 1. The first kappa shape index (κ1) is 27.2. The predicted octanol–water partition coefficient (Wildman–Crippen LogP) is 3.00. The third-order valence-corrected chi connectivity index (χ3v) is 5.09. The maximum atomic E-state index is 12.3. The van der Waals surface area contributed by atoms with Crippen LogP contribution in [-0.2, 0) is 14.2 Å². The topological polar surface area (TPSA) is 84.4 Å². The largest absolute Gasteiger partial charge is 0.444 e. The van der Waals surface area contributed by atoms with Crippen molar-refractivity contribution in [1.82, 2.24) is 15.5 Å². The maximum absolute atomic E-state index is 12.3. The highest BCUT2D eigenvalue weighted by atomic mass is 127. The number of ether oxygens (including phenoxy) is 3. The number of carbonyl (C=O) groups excluding carboxylic acids is 1. The van der Waals surface area contributed by atoms with Gasteiger partial charge in [-0.1, -0.05) is 0 Å². The van der Waals surface area contributed by atoms with Crippen LogP contribution in [-0.4, -0.2) is 81.2 Å². The molecule has 8 nitrogen and oxygen atoms in total. The van der Waals surface area contributed by atoms with Crippen LogP contribution >= 0.6 is 24.0 Å². The molecule has 0 aliphatic carbocycles. The SMILES string of the molecule is CN=C(NCCC1CCCN(C(=O)OC(C)(C)C)C1)NC(C)COC1CCOC1.I. The second-order valence-electron chi connectivity index (χ2n) is 9.09. The van der Waals surface area contributed by atoms with Gasteiger partial charge in [0.1, 0.15) is 5.60 Å². The van der Waals surface area contributed by atoms with Crippen molar-refractivity contribution in [2.45, 2.75) is 71.1 Å². The van der Waals surface area contributed by atoms with Crippen LogP contribution in [0.4, 0.5) is 4.79 Å². The number of guanidine groups is 1. The Morgan fingerprint density at radius 2 is 2.10 bits per heavy atom. The molecular formula is C21H41IN4O4. The standard InChI is InChI=1S/C21H40N4O4.HI/c1-16(14-28-18-9-12-27-15-18)24-19(22-5)23-10-8-17-7-6-11-25(13-17)20(26)29-21(2,3)4;/h16-18H,6-15H2,1-5H3,(H2,22,23,24);1H. The molecule has 0 aromatic rings. The number of piperidine rings is 1. The molecule has 2 aliphatic rings. The van der Waals surface area contributed by atoms with Crippen molar-refractivity contribution in [3.05, 3.63) is 0 Å². The summed E-state index contributed by atoms with van der Waals surface area (Å²) in [6.07, 6.45) is 4.14. The lowest BCUT2D eigenvalue weighted by molar-refractivity contribution is 0.0162. The van der Waals surface area contributed by atoms with E-state index in [1.807, 2.05) is 25.7 Å². The van der Waals surface area contributed by atoms with E-state index in [1.165, 1.54) is 0 Å². The fourth-order valence-corrected chi connectivity index (χ4v) is 3.58. The fraction of sp³-hybridized carbons (Fsp3) is 0.905. The molecule has 0 saturated carbocycles. The normalized spacial score (nSPS) is 23.5. The molecule has 2 aliphatic heterocycles. The molecule has 0 aromatic carbocycles. The summed E-state index contributed by atoms with van der Waals surface area (Å²) in [7, 11) is 1.78. The molecule has 3 atom stereocenters. The molecule has 0 spiro atoms. The summed E-state index contributed by atoms with van der Waals surface area (Å²) in [5.74, 6) is 1.26. The fourth-order valence-electron chi connectivity index (χ4n) is 3.58. The zero-order valence-electron chi connectivity index (χ0n) is 19.2. The summed E-state index contributed by atoms with van der Waals surface area (Å²) in [6.45, 7) is 12.3. The molecule has 30 heavy (non-hydrogen) atoms. The van der Waals surface area contributed by atoms with Crippen LogP contribution < -0.4 is 10.6 Å². The predicted molar refractivity (Wildman–Crippen MR) is 130 cm³/mol. The van der Waals surface area contributed by atoms with E-state index in [0.29, 0.717) is 19.1 Å². The molecule has 9 heteroatoms. The second kappa shape index (κ2) is 13.6. The molecule has 1 amide bonds. The van der Waals surface area contributed by atoms with E-state index in [-0.39, 0.29) is 42.2 Å². The lowest BCUT2D eigenvalue weighted by atomic mass is 9.95. The van der Waals surface area contributed by atoms with Gasteiger partial charge >= 0.3 is 6.09 Å². The average molecular weight is 540 g/mol. The van der Waals surface area contributed by atoms with Crippen molar-refractivity contribution < 1.29 is 19.0 Å². The lowest BCUT2D eigenvalue weighted by Gasteiger charge is -2.34. The van der Waals surface area contributed by atoms with Crippen LogP contribution in [0, 0.1) is 5.92 Å². The van der Waals surface area contributed by atoms with Crippen molar-refractivity contribution in [3.8, 4) is 0 Å². The molecular weight excluding hydrogens is 499 g/mol. The summed E-state index contributed by atoms with van der Waals surface area (Å²) < 4.78 is 16.7. The van der Waals surface area contributed by atoms with Crippen molar-refractivity contribution in [2.24, 2.45) is 10.9 Å². The van der Waals surface area contributed by atoms with Crippen molar-refractivity contribution in [2.75, 3.05) is 46.5 Å². The molecule has 3 unspecified atom stereocenters. The summed E-state index contributed by atoms with van der Waals surface area (Å²) >= 11 is 0. The van der Waals surface area contributed by atoms with E-state index in [4.69, 9.17) is 14.2 Å². The number of nitrogens with zero attached hydrogens (tertiary/aromatic N) is 2. The van der Waals surface area contributed by atoms with Crippen molar-refractivity contribution in [3.63, 3.8) is 0 Å². The third kappa shape index (κ3) is 10.5. The highest BCUT2D eigenvalue weighted by Gasteiger charge is 2.27. The summed E-state index contributed by atoms with van der Waals surface area (Å²) in [4.78, 5) is 18.5. The Hall–Kier alpha value is -0.810. The van der Waals surface area contributed by atoms with Gasteiger partial charge in [0.2, 0.25) is 0 Å². The van der Waals surface area contributed by atoms with Gasteiger partial charge in [-0.2, -0.15) is 0 Å². The molecule has 0 bridgehead atoms. The summed E-state index contributed by atoms with van der Waals surface area (Å²) in [6, 6.07) is 0.166. The van der Waals surface area contributed by atoms with Gasteiger partial charge in [0, 0.05) is 39.3 Å². The minimum absolute atomic E-state index is 0. The Morgan fingerprint density at radius 1 is 1.33 bits per heavy atom. The molecule has 2 rings (SSSR count). The van der Waals surface area contributed by atoms with Crippen LogP contribution in [0.25, 0.3) is 0 Å². The first-order chi connectivity index (χ1) is 13.8. The Labute approximate surface area is 198 Å². The molecule has 0 aromatic heterocycles. The molecule has 0 radical (unpaired) electrons. The van der Waals surface area contributed by atoms with Gasteiger partial charge in [-0.25, -0.2) is 4.79 Å². The van der Waals surface area contributed by atoms with Gasteiger partial charge in [-0.05, 0) is 59.3 Å². The number of aliphatic imine (C=N–C) groups is 1. The van der Waals surface area contributed by atoms with Gasteiger partial charge in [0.05, 0.1) is 19.3 Å². The van der Waals surface area contributed by atoms with Gasteiger partial charge in [-0.3, -0.25) is 4.99 Å². The number of halogens is 1. The highest BCUT2D eigenvalue weighted by molar-refractivity contribution is 14.0. The number of nitrogens with one attached hydrogen (secondary N) is 2. The number of amides is 1.